The molecule has 0 aromatic heterocycles. The van der Waals surface area contributed by atoms with Gasteiger partial charge in [0.25, 0.3) is 5.91 Å². The van der Waals surface area contributed by atoms with Gasteiger partial charge in [-0.05, 0) is 17.7 Å². The molecule has 23 heavy (non-hydrogen) atoms. The van der Waals surface area contributed by atoms with Gasteiger partial charge in [0.1, 0.15) is 5.04 Å². The molecule has 1 atom stereocenters. The SMILES string of the molecule is O=C(Nc1ccccc1)C(O)SC1=NN=C(c2ccccc2)C1. The molecule has 6 heteroatoms. The molecule has 3 rings (SSSR count). The van der Waals surface area contributed by atoms with Crippen LogP contribution in [0.25, 0.3) is 0 Å². The molecule has 0 bridgehead atoms. The predicted molar refractivity (Wildman–Crippen MR) is 93.7 cm³/mol. The number of carbonyl (C=O) groups is 1. The van der Waals surface area contributed by atoms with Crippen molar-refractivity contribution >= 4 is 34.1 Å². The van der Waals surface area contributed by atoms with Crippen molar-refractivity contribution in [2.45, 2.75) is 11.9 Å². The number of thioether (sulfide) groups is 1. The number of anilines is 1. The number of aliphatic hydroxyl groups excluding tert-OH is 1. The first-order chi connectivity index (χ1) is 11.2. The van der Waals surface area contributed by atoms with Crippen LogP contribution in [-0.4, -0.2) is 27.2 Å². The molecular weight excluding hydrogens is 310 g/mol. The first-order valence-corrected chi connectivity index (χ1v) is 8.00. The molecule has 1 aliphatic rings. The van der Waals surface area contributed by atoms with Crippen molar-refractivity contribution in [1.82, 2.24) is 0 Å². The number of benzene rings is 2. The van der Waals surface area contributed by atoms with Crippen molar-refractivity contribution in [2.24, 2.45) is 10.2 Å². The molecule has 1 amide bonds. The standard InChI is InChI=1S/C17H15N3O2S/c21-16(18-13-9-5-2-6-10-13)17(22)23-15-11-14(19-20-15)12-7-3-1-4-8-12/h1-10,17,22H,11H2,(H,18,21). The van der Waals surface area contributed by atoms with Gasteiger partial charge in [0, 0.05) is 12.1 Å². The molecule has 2 aromatic carbocycles. The molecule has 0 saturated heterocycles. The van der Waals surface area contributed by atoms with Crippen LogP contribution in [0.3, 0.4) is 0 Å². The summed E-state index contributed by atoms with van der Waals surface area (Å²) in [6.07, 6.45) is 0.518. The zero-order valence-corrected chi connectivity index (χ0v) is 13.0. The van der Waals surface area contributed by atoms with E-state index in [1.165, 1.54) is 0 Å². The maximum Gasteiger partial charge on any atom is 0.264 e. The summed E-state index contributed by atoms with van der Waals surface area (Å²) in [5.41, 5.74) is 1.25. The third kappa shape index (κ3) is 4.06. The number of carbonyl (C=O) groups excluding carboxylic acids is 1. The molecule has 0 fully saturated rings. The van der Waals surface area contributed by atoms with Gasteiger partial charge in [-0.25, -0.2) is 0 Å². The third-order valence-corrected chi connectivity index (χ3v) is 4.16. The highest BCUT2D eigenvalue weighted by Crippen LogP contribution is 2.22. The Labute approximate surface area is 138 Å². The van der Waals surface area contributed by atoms with Gasteiger partial charge in [0.2, 0.25) is 0 Å². The molecule has 0 spiro atoms. The van der Waals surface area contributed by atoms with E-state index < -0.39 is 11.3 Å². The molecule has 0 radical (unpaired) electrons. The topological polar surface area (TPSA) is 74.0 Å². The zero-order valence-electron chi connectivity index (χ0n) is 12.2. The van der Waals surface area contributed by atoms with Gasteiger partial charge in [0.15, 0.2) is 5.44 Å². The molecule has 1 unspecified atom stereocenters. The van der Waals surface area contributed by atoms with Crippen molar-refractivity contribution in [1.29, 1.82) is 0 Å². The third-order valence-electron chi connectivity index (χ3n) is 3.22. The van der Waals surface area contributed by atoms with Crippen molar-refractivity contribution in [3.63, 3.8) is 0 Å². The number of nitrogens with one attached hydrogen (secondary N) is 1. The van der Waals surface area contributed by atoms with Gasteiger partial charge in [0.05, 0.1) is 5.71 Å². The maximum atomic E-state index is 12.0. The van der Waals surface area contributed by atoms with Crippen molar-refractivity contribution in [3.8, 4) is 0 Å². The summed E-state index contributed by atoms with van der Waals surface area (Å²) in [5.74, 6) is -0.475. The first kappa shape index (κ1) is 15.5. The Bertz CT molecular complexity index is 745. The van der Waals surface area contributed by atoms with E-state index in [2.05, 4.69) is 15.5 Å². The monoisotopic (exact) mass is 325 g/mol. The average Bonchev–Trinajstić information content (AvgIpc) is 3.05. The van der Waals surface area contributed by atoms with Crippen LogP contribution >= 0.6 is 11.8 Å². The Kier molecular flexibility index (Phi) is 4.85. The zero-order chi connectivity index (χ0) is 16.1. The lowest BCUT2D eigenvalue weighted by Crippen LogP contribution is -2.26. The second-order valence-electron chi connectivity index (χ2n) is 4.91. The lowest BCUT2D eigenvalue weighted by atomic mass is 10.1. The van der Waals surface area contributed by atoms with E-state index >= 15 is 0 Å². The molecule has 0 saturated carbocycles. The Morgan fingerprint density at radius 3 is 2.39 bits per heavy atom. The summed E-state index contributed by atoms with van der Waals surface area (Å²) in [5, 5.41) is 21.5. The van der Waals surface area contributed by atoms with Gasteiger partial charge >= 0.3 is 0 Å². The van der Waals surface area contributed by atoms with Crippen LogP contribution < -0.4 is 5.32 Å². The van der Waals surface area contributed by atoms with Crippen molar-refractivity contribution in [3.05, 3.63) is 66.2 Å². The van der Waals surface area contributed by atoms with E-state index in [4.69, 9.17) is 0 Å². The smallest absolute Gasteiger partial charge is 0.264 e. The van der Waals surface area contributed by atoms with Crippen LogP contribution in [0.4, 0.5) is 5.69 Å². The lowest BCUT2D eigenvalue weighted by Gasteiger charge is -2.10. The quantitative estimate of drug-likeness (QED) is 0.849. The minimum Gasteiger partial charge on any atom is -0.373 e. The number of nitrogens with zero attached hydrogens (tertiary/aromatic N) is 2. The Morgan fingerprint density at radius 1 is 1.04 bits per heavy atom. The minimum atomic E-state index is -1.22. The second-order valence-corrected chi connectivity index (χ2v) is 6.06. The highest BCUT2D eigenvalue weighted by atomic mass is 32.2. The molecule has 1 heterocycles. The number of amides is 1. The Morgan fingerprint density at radius 2 is 1.70 bits per heavy atom. The molecule has 116 valence electrons. The molecule has 0 aliphatic carbocycles. The maximum absolute atomic E-state index is 12.0. The normalized spacial score (nSPS) is 14.8. The summed E-state index contributed by atoms with van der Waals surface area (Å²) in [6, 6.07) is 18.7. The summed E-state index contributed by atoms with van der Waals surface area (Å²) < 4.78 is 0. The fourth-order valence-corrected chi connectivity index (χ4v) is 2.83. The number of hydrogen-bond donors (Lipinski definition) is 2. The Balaban J connectivity index is 1.53. The molecule has 1 aliphatic heterocycles. The average molecular weight is 325 g/mol. The van der Waals surface area contributed by atoms with E-state index in [9.17, 15) is 9.90 Å². The van der Waals surface area contributed by atoms with Gasteiger partial charge in [-0.3, -0.25) is 4.79 Å². The number of para-hydroxylation sites is 1. The van der Waals surface area contributed by atoms with Gasteiger partial charge < -0.3 is 10.4 Å². The van der Waals surface area contributed by atoms with Gasteiger partial charge in [-0.15, -0.1) is 5.10 Å². The van der Waals surface area contributed by atoms with Crippen LogP contribution in [-0.2, 0) is 4.79 Å². The summed E-state index contributed by atoms with van der Waals surface area (Å²) in [7, 11) is 0. The van der Waals surface area contributed by atoms with Gasteiger partial charge in [-0.2, -0.15) is 5.10 Å². The summed E-state index contributed by atoms with van der Waals surface area (Å²) in [6.45, 7) is 0. The highest BCUT2D eigenvalue weighted by Gasteiger charge is 2.22. The van der Waals surface area contributed by atoms with E-state index in [0.717, 1.165) is 23.0 Å². The van der Waals surface area contributed by atoms with Crippen LogP contribution in [0.2, 0.25) is 0 Å². The van der Waals surface area contributed by atoms with E-state index in [-0.39, 0.29) is 0 Å². The largest absolute Gasteiger partial charge is 0.373 e. The molecule has 5 nitrogen and oxygen atoms in total. The molecular formula is C17H15N3O2S. The van der Waals surface area contributed by atoms with Crippen LogP contribution in [0.5, 0.6) is 0 Å². The van der Waals surface area contributed by atoms with Crippen LogP contribution in [0.15, 0.2) is 70.9 Å². The van der Waals surface area contributed by atoms with E-state index in [1.54, 1.807) is 12.1 Å². The number of rotatable bonds is 4. The van der Waals surface area contributed by atoms with E-state index in [1.807, 2.05) is 48.5 Å². The minimum absolute atomic E-state index is 0.475. The lowest BCUT2D eigenvalue weighted by molar-refractivity contribution is -0.120. The predicted octanol–water partition coefficient (Wildman–Crippen LogP) is 2.88. The van der Waals surface area contributed by atoms with Crippen molar-refractivity contribution in [2.75, 3.05) is 5.32 Å². The van der Waals surface area contributed by atoms with Crippen LogP contribution in [0, 0.1) is 0 Å². The van der Waals surface area contributed by atoms with E-state index in [0.29, 0.717) is 17.2 Å². The van der Waals surface area contributed by atoms with Gasteiger partial charge in [-0.1, -0.05) is 60.3 Å². The molecule has 2 aromatic rings. The fourth-order valence-electron chi connectivity index (χ4n) is 2.09. The number of aliphatic hydroxyl groups is 1. The second kappa shape index (κ2) is 7.21. The highest BCUT2D eigenvalue weighted by molar-refractivity contribution is 8.14. The van der Waals surface area contributed by atoms with Crippen LogP contribution in [0.1, 0.15) is 12.0 Å². The first-order valence-electron chi connectivity index (χ1n) is 7.12. The molecule has 2 N–H and O–H groups in total. The summed E-state index contributed by atoms with van der Waals surface area (Å²) >= 11 is 1.01. The summed E-state index contributed by atoms with van der Waals surface area (Å²) in [4.78, 5) is 12.0. The number of hydrogen-bond acceptors (Lipinski definition) is 5. The van der Waals surface area contributed by atoms with Crippen molar-refractivity contribution < 1.29 is 9.90 Å². The fraction of sp³-hybridized carbons (Fsp3) is 0.118. The Hall–Kier alpha value is -2.44.